The molecule has 108 valence electrons. The van der Waals surface area contributed by atoms with Crippen LogP contribution in [0.25, 0.3) is 0 Å². The first kappa shape index (κ1) is 16.8. The fourth-order valence-corrected chi connectivity index (χ4v) is 3.20. The third-order valence-electron chi connectivity index (χ3n) is 3.70. The molecule has 1 aromatic heterocycles. The Labute approximate surface area is 137 Å². The summed E-state index contributed by atoms with van der Waals surface area (Å²) in [6.45, 7) is 4.06. The van der Waals surface area contributed by atoms with Crippen LogP contribution in [0.1, 0.15) is 37.5 Å². The molecule has 0 spiro atoms. The van der Waals surface area contributed by atoms with Crippen LogP contribution < -0.4 is 11.1 Å². The highest BCUT2D eigenvalue weighted by Crippen LogP contribution is 2.37. The van der Waals surface area contributed by atoms with Crippen LogP contribution in [0.5, 0.6) is 0 Å². The van der Waals surface area contributed by atoms with Gasteiger partial charge in [-0.3, -0.25) is 4.99 Å². The summed E-state index contributed by atoms with van der Waals surface area (Å²) in [6, 6.07) is 4.23. The third-order valence-corrected chi connectivity index (χ3v) is 4.64. The lowest BCUT2D eigenvalue weighted by molar-refractivity contribution is 0.351. The predicted octanol–water partition coefficient (Wildman–Crippen LogP) is 3.39. The Hall–Kier alpha value is -0.300. The van der Waals surface area contributed by atoms with E-state index >= 15 is 0 Å². The zero-order valence-corrected chi connectivity index (χ0v) is 14.7. The summed E-state index contributed by atoms with van der Waals surface area (Å²) in [4.78, 5) is 5.87. The molecule has 0 bridgehead atoms. The van der Waals surface area contributed by atoms with Gasteiger partial charge >= 0.3 is 0 Å². The van der Waals surface area contributed by atoms with E-state index in [-0.39, 0.29) is 24.0 Å². The molecule has 1 aliphatic rings. The van der Waals surface area contributed by atoms with Gasteiger partial charge in [0.2, 0.25) is 0 Å². The predicted molar refractivity (Wildman–Crippen MR) is 94.5 cm³/mol. The van der Waals surface area contributed by atoms with Gasteiger partial charge in [-0.05, 0) is 36.1 Å². The Morgan fingerprint density at radius 3 is 2.84 bits per heavy atom. The van der Waals surface area contributed by atoms with E-state index in [1.54, 1.807) is 11.3 Å². The molecule has 5 heteroatoms. The van der Waals surface area contributed by atoms with Crippen LogP contribution in [0.4, 0.5) is 0 Å². The number of nitrogens with one attached hydrogen (secondary N) is 1. The second-order valence-corrected chi connectivity index (χ2v) is 6.51. The smallest absolute Gasteiger partial charge is 0.188 e. The molecule has 0 aliphatic heterocycles. The molecule has 1 aliphatic carbocycles. The molecule has 0 amide bonds. The van der Waals surface area contributed by atoms with E-state index in [1.807, 2.05) is 0 Å². The van der Waals surface area contributed by atoms with Crippen molar-refractivity contribution in [3.05, 3.63) is 22.4 Å². The molecule has 0 atom stereocenters. The second kappa shape index (κ2) is 8.09. The van der Waals surface area contributed by atoms with E-state index in [9.17, 15) is 0 Å². The first-order valence-electron chi connectivity index (χ1n) is 6.74. The minimum Gasteiger partial charge on any atom is -0.370 e. The maximum atomic E-state index is 5.89. The largest absolute Gasteiger partial charge is 0.370 e. The van der Waals surface area contributed by atoms with Gasteiger partial charge < -0.3 is 11.1 Å². The SMILES string of the molecule is CC1(CN=C(N)NCCc2cccs2)CCCC1.I. The summed E-state index contributed by atoms with van der Waals surface area (Å²) >= 11 is 1.79. The maximum Gasteiger partial charge on any atom is 0.188 e. The van der Waals surface area contributed by atoms with Crippen molar-refractivity contribution in [2.24, 2.45) is 16.1 Å². The maximum absolute atomic E-state index is 5.89. The fraction of sp³-hybridized carbons (Fsp3) is 0.643. The van der Waals surface area contributed by atoms with Crippen LogP contribution in [0.15, 0.2) is 22.5 Å². The van der Waals surface area contributed by atoms with E-state index in [0.29, 0.717) is 11.4 Å². The Bertz CT molecular complexity index is 383. The van der Waals surface area contributed by atoms with Crippen molar-refractivity contribution in [3.8, 4) is 0 Å². The van der Waals surface area contributed by atoms with Gasteiger partial charge in [-0.2, -0.15) is 0 Å². The topological polar surface area (TPSA) is 50.4 Å². The highest BCUT2D eigenvalue weighted by Gasteiger charge is 2.28. The summed E-state index contributed by atoms with van der Waals surface area (Å²) in [6.07, 6.45) is 6.29. The van der Waals surface area contributed by atoms with Crippen molar-refractivity contribution in [3.63, 3.8) is 0 Å². The Morgan fingerprint density at radius 1 is 1.47 bits per heavy atom. The number of hydrogen-bond donors (Lipinski definition) is 2. The molecule has 0 saturated heterocycles. The molecule has 0 aromatic carbocycles. The highest BCUT2D eigenvalue weighted by atomic mass is 127. The Kier molecular flexibility index (Phi) is 7.13. The lowest BCUT2D eigenvalue weighted by Crippen LogP contribution is -2.34. The quantitative estimate of drug-likeness (QED) is 0.458. The van der Waals surface area contributed by atoms with Gasteiger partial charge in [0, 0.05) is 18.0 Å². The number of guanidine groups is 1. The van der Waals surface area contributed by atoms with E-state index in [2.05, 4.69) is 34.7 Å². The normalized spacial score (nSPS) is 18.1. The Balaban J connectivity index is 0.00000180. The van der Waals surface area contributed by atoms with E-state index in [0.717, 1.165) is 19.5 Å². The molecule has 3 nitrogen and oxygen atoms in total. The van der Waals surface area contributed by atoms with Crippen LogP contribution in [-0.4, -0.2) is 19.0 Å². The highest BCUT2D eigenvalue weighted by molar-refractivity contribution is 14.0. The molecule has 0 radical (unpaired) electrons. The van der Waals surface area contributed by atoms with Crippen LogP contribution in [0, 0.1) is 5.41 Å². The van der Waals surface area contributed by atoms with Gasteiger partial charge in [-0.25, -0.2) is 0 Å². The first-order chi connectivity index (χ1) is 8.68. The van der Waals surface area contributed by atoms with Crippen molar-refractivity contribution in [2.75, 3.05) is 13.1 Å². The number of aliphatic imine (C=N–C) groups is 1. The lowest BCUT2D eigenvalue weighted by Gasteiger charge is -2.20. The summed E-state index contributed by atoms with van der Waals surface area (Å²) < 4.78 is 0. The second-order valence-electron chi connectivity index (χ2n) is 5.48. The van der Waals surface area contributed by atoms with E-state index < -0.39 is 0 Å². The van der Waals surface area contributed by atoms with Crippen LogP contribution in [0.3, 0.4) is 0 Å². The fourth-order valence-electron chi connectivity index (χ4n) is 2.49. The average molecular weight is 393 g/mol. The number of hydrogen-bond acceptors (Lipinski definition) is 2. The molecular formula is C14H24IN3S. The molecule has 19 heavy (non-hydrogen) atoms. The molecule has 1 fully saturated rings. The molecule has 1 heterocycles. The van der Waals surface area contributed by atoms with Gasteiger partial charge in [0.15, 0.2) is 5.96 Å². The standard InChI is InChI=1S/C14H23N3S.HI/c1-14(7-2-3-8-14)11-17-13(15)16-9-6-12-5-4-10-18-12;/h4-5,10H,2-3,6-9,11H2,1H3,(H3,15,16,17);1H. The van der Waals surface area contributed by atoms with Gasteiger partial charge in [0.1, 0.15) is 0 Å². The monoisotopic (exact) mass is 393 g/mol. The minimum atomic E-state index is 0. The molecule has 2 rings (SSSR count). The zero-order valence-electron chi connectivity index (χ0n) is 11.5. The number of thiophene rings is 1. The van der Waals surface area contributed by atoms with Crippen LogP contribution >= 0.6 is 35.3 Å². The van der Waals surface area contributed by atoms with Crippen molar-refractivity contribution >= 4 is 41.3 Å². The van der Waals surface area contributed by atoms with Crippen LogP contribution in [0.2, 0.25) is 0 Å². The van der Waals surface area contributed by atoms with Crippen molar-refractivity contribution in [1.82, 2.24) is 5.32 Å². The summed E-state index contributed by atoms with van der Waals surface area (Å²) in [5.74, 6) is 0.597. The summed E-state index contributed by atoms with van der Waals surface area (Å²) in [7, 11) is 0. The lowest BCUT2D eigenvalue weighted by atomic mass is 9.89. The average Bonchev–Trinajstić information content (AvgIpc) is 2.99. The first-order valence-corrected chi connectivity index (χ1v) is 7.62. The van der Waals surface area contributed by atoms with Gasteiger partial charge in [0.05, 0.1) is 0 Å². The van der Waals surface area contributed by atoms with Crippen molar-refractivity contribution < 1.29 is 0 Å². The van der Waals surface area contributed by atoms with Gasteiger partial charge in [-0.1, -0.05) is 25.8 Å². The third kappa shape index (κ3) is 5.69. The number of nitrogens with two attached hydrogens (primary N) is 1. The Morgan fingerprint density at radius 2 is 2.21 bits per heavy atom. The van der Waals surface area contributed by atoms with Crippen LogP contribution in [-0.2, 0) is 6.42 Å². The summed E-state index contributed by atoms with van der Waals surface area (Å²) in [5.41, 5.74) is 6.28. The number of rotatable bonds is 5. The van der Waals surface area contributed by atoms with E-state index in [4.69, 9.17) is 5.73 Å². The molecule has 0 unspecified atom stereocenters. The van der Waals surface area contributed by atoms with Crippen molar-refractivity contribution in [2.45, 2.75) is 39.0 Å². The number of halogens is 1. The van der Waals surface area contributed by atoms with E-state index in [1.165, 1.54) is 30.6 Å². The molecule has 1 aromatic rings. The number of nitrogens with zero attached hydrogens (tertiary/aromatic N) is 1. The summed E-state index contributed by atoms with van der Waals surface area (Å²) in [5, 5.41) is 5.30. The minimum absolute atomic E-state index is 0. The molecule has 1 saturated carbocycles. The van der Waals surface area contributed by atoms with Crippen molar-refractivity contribution in [1.29, 1.82) is 0 Å². The van der Waals surface area contributed by atoms with Gasteiger partial charge in [0.25, 0.3) is 0 Å². The molecular weight excluding hydrogens is 369 g/mol. The molecule has 3 N–H and O–H groups in total. The van der Waals surface area contributed by atoms with Gasteiger partial charge in [-0.15, -0.1) is 35.3 Å². The zero-order chi connectivity index (χ0) is 12.8.